The van der Waals surface area contributed by atoms with Gasteiger partial charge in [-0.1, -0.05) is 11.7 Å². The molecule has 3 heterocycles. The smallest absolute Gasteiger partial charge is 0.225 e. The number of rotatable bonds is 7. The maximum Gasteiger partial charge on any atom is 0.225 e. The van der Waals surface area contributed by atoms with Crippen LogP contribution in [-0.4, -0.2) is 71.6 Å². The molecule has 1 aromatic heterocycles. The number of amides is 1. The minimum atomic E-state index is 0.118. The first-order chi connectivity index (χ1) is 14.9. The maximum absolute atomic E-state index is 13.1. The van der Waals surface area contributed by atoms with E-state index >= 15 is 0 Å². The van der Waals surface area contributed by atoms with E-state index in [1.807, 2.05) is 30.9 Å². The molecule has 2 aliphatic heterocycles. The highest BCUT2D eigenvalue weighted by atomic mass is 16.5. The Labute approximate surface area is 185 Å². The number of aromatic nitrogens is 1. The highest BCUT2D eigenvalue weighted by Gasteiger charge is 2.30. The number of piperidine rings is 1. The summed E-state index contributed by atoms with van der Waals surface area (Å²) in [5, 5.41) is 4.04. The van der Waals surface area contributed by atoms with Gasteiger partial charge < -0.3 is 20.9 Å². The zero-order valence-corrected chi connectivity index (χ0v) is 18.8. The van der Waals surface area contributed by atoms with E-state index < -0.39 is 0 Å². The average Bonchev–Trinajstić information content (AvgIpc) is 3.06. The zero-order valence-electron chi connectivity index (χ0n) is 18.8. The van der Waals surface area contributed by atoms with E-state index in [1.165, 1.54) is 11.8 Å². The summed E-state index contributed by atoms with van der Waals surface area (Å²) in [4.78, 5) is 19.8. The van der Waals surface area contributed by atoms with Gasteiger partial charge in [0.05, 0.1) is 5.69 Å². The molecule has 2 fully saturated rings. The second-order valence-electron chi connectivity index (χ2n) is 8.61. The predicted molar refractivity (Wildman–Crippen MR) is 122 cm³/mol. The van der Waals surface area contributed by atoms with Crippen molar-refractivity contribution in [3.63, 3.8) is 0 Å². The number of carbonyl (C=O) groups is 1. The third kappa shape index (κ3) is 6.21. The highest BCUT2D eigenvalue weighted by molar-refractivity contribution is 5.79. The van der Waals surface area contributed by atoms with Crippen LogP contribution in [0, 0.1) is 19.8 Å². The van der Waals surface area contributed by atoms with E-state index in [0.717, 1.165) is 82.2 Å². The summed E-state index contributed by atoms with van der Waals surface area (Å²) in [7, 11) is 0. The van der Waals surface area contributed by atoms with E-state index in [2.05, 4.69) is 21.5 Å². The summed E-state index contributed by atoms with van der Waals surface area (Å²) in [5.74, 6) is 1.32. The summed E-state index contributed by atoms with van der Waals surface area (Å²) in [5.41, 5.74) is 14.9. The number of piperazine rings is 1. The Morgan fingerprint density at radius 2 is 1.84 bits per heavy atom. The van der Waals surface area contributed by atoms with Crippen LogP contribution < -0.4 is 11.5 Å². The Morgan fingerprint density at radius 1 is 1.16 bits per heavy atom. The van der Waals surface area contributed by atoms with Crippen molar-refractivity contribution in [3.8, 4) is 0 Å². The van der Waals surface area contributed by atoms with Crippen LogP contribution in [0.25, 0.3) is 0 Å². The number of nitrogens with two attached hydrogens (primary N) is 2. The fraction of sp³-hybridized carbons (Fsp3) is 0.565. The largest absolute Gasteiger partial charge is 0.405 e. The normalized spacial score (nSPS) is 19.9. The number of hydrogen-bond donors (Lipinski definition) is 2. The Balaban J connectivity index is 1.44. The SMILES string of the molecule is C=C(N)/C=C(\C=C/N)CN1CCC(C(=O)N2CCN(Cc3c(C)noc3C)CC2)CC1. The van der Waals surface area contributed by atoms with Crippen molar-refractivity contribution >= 4 is 5.91 Å². The van der Waals surface area contributed by atoms with Crippen LogP contribution in [0.1, 0.15) is 29.9 Å². The zero-order chi connectivity index (χ0) is 22.4. The molecule has 0 unspecified atom stereocenters. The fourth-order valence-corrected chi connectivity index (χ4v) is 4.44. The molecule has 3 rings (SSSR count). The van der Waals surface area contributed by atoms with Crippen molar-refractivity contribution in [2.24, 2.45) is 17.4 Å². The lowest BCUT2D eigenvalue weighted by atomic mass is 9.94. The Hall–Kier alpha value is -2.58. The van der Waals surface area contributed by atoms with Gasteiger partial charge in [0.25, 0.3) is 0 Å². The summed E-state index contributed by atoms with van der Waals surface area (Å²) >= 11 is 0. The summed E-state index contributed by atoms with van der Waals surface area (Å²) < 4.78 is 5.27. The van der Waals surface area contributed by atoms with Crippen molar-refractivity contribution < 1.29 is 9.32 Å². The van der Waals surface area contributed by atoms with E-state index in [-0.39, 0.29) is 5.92 Å². The molecule has 8 heteroatoms. The molecule has 0 saturated carbocycles. The molecule has 0 atom stereocenters. The second-order valence-corrected chi connectivity index (χ2v) is 8.61. The van der Waals surface area contributed by atoms with Gasteiger partial charge >= 0.3 is 0 Å². The molecule has 0 radical (unpaired) electrons. The Kier molecular flexibility index (Phi) is 7.92. The molecule has 0 aromatic carbocycles. The molecule has 0 bridgehead atoms. The van der Waals surface area contributed by atoms with Crippen LogP contribution in [-0.2, 0) is 11.3 Å². The molecule has 1 aromatic rings. The first kappa shape index (κ1) is 23.1. The van der Waals surface area contributed by atoms with Crippen LogP contribution >= 0.6 is 0 Å². The molecule has 2 aliphatic rings. The number of aryl methyl sites for hydroxylation is 2. The quantitative estimate of drug-likeness (QED) is 0.635. The van der Waals surface area contributed by atoms with Crippen LogP contribution in [0.5, 0.6) is 0 Å². The minimum Gasteiger partial charge on any atom is -0.405 e. The molecule has 170 valence electrons. The van der Waals surface area contributed by atoms with Gasteiger partial charge in [-0.25, -0.2) is 0 Å². The van der Waals surface area contributed by atoms with Crippen molar-refractivity contribution in [2.75, 3.05) is 45.8 Å². The van der Waals surface area contributed by atoms with E-state index in [4.69, 9.17) is 16.0 Å². The Bertz CT molecular complexity index is 808. The molecule has 4 N–H and O–H groups in total. The molecular formula is C23H36N6O2. The molecule has 0 spiro atoms. The topological polar surface area (TPSA) is 105 Å². The van der Waals surface area contributed by atoms with Gasteiger partial charge in [0, 0.05) is 56.4 Å². The highest BCUT2D eigenvalue weighted by Crippen LogP contribution is 2.22. The summed E-state index contributed by atoms with van der Waals surface area (Å²) in [6.07, 6.45) is 7.01. The average molecular weight is 429 g/mol. The van der Waals surface area contributed by atoms with Gasteiger partial charge in [-0.2, -0.15) is 0 Å². The van der Waals surface area contributed by atoms with Gasteiger partial charge in [0.15, 0.2) is 0 Å². The standard InChI is InChI=1S/C23H36N6O2/c1-17(25)14-20(4-7-24)15-27-8-5-21(6-9-27)23(30)29-12-10-28(11-13-29)16-22-18(2)26-31-19(22)3/h4,7,14,21H,1,5-6,8-13,15-16,24-25H2,2-3H3/b7-4-,20-14+. The summed E-state index contributed by atoms with van der Waals surface area (Å²) in [6, 6.07) is 0. The summed E-state index contributed by atoms with van der Waals surface area (Å²) in [6.45, 7) is 14.4. The lowest BCUT2D eigenvalue weighted by Crippen LogP contribution is -2.51. The molecule has 1 amide bonds. The van der Waals surface area contributed by atoms with E-state index in [1.54, 1.807) is 0 Å². The molecule has 0 aliphatic carbocycles. The van der Waals surface area contributed by atoms with Crippen molar-refractivity contribution in [3.05, 3.63) is 53.2 Å². The third-order valence-electron chi connectivity index (χ3n) is 6.27. The maximum atomic E-state index is 13.1. The first-order valence-corrected chi connectivity index (χ1v) is 11.1. The predicted octanol–water partition coefficient (Wildman–Crippen LogP) is 1.52. The van der Waals surface area contributed by atoms with Crippen LogP contribution in [0.15, 0.2) is 40.7 Å². The van der Waals surface area contributed by atoms with Crippen LogP contribution in [0.2, 0.25) is 0 Å². The van der Waals surface area contributed by atoms with Gasteiger partial charge in [0.2, 0.25) is 5.91 Å². The van der Waals surface area contributed by atoms with E-state index in [9.17, 15) is 4.79 Å². The number of carbonyl (C=O) groups excluding carboxylic acids is 1. The molecular weight excluding hydrogens is 392 g/mol. The third-order valence-corrected chi connectivity index (χ3v) is 6.27. The lowest BCUT2D eigenvalue weighted by Gasteiger charge is -2.38. The van der Waals surface area contributed by atoms with Gasteiger partial charge in [-0.15, -0.1) is 0 Å². The molecule has 8 nitrogen and oxygen atoms in total. The van der Waals surface area contributed by atoms with E-state index in [0.29, 0.717) is 11.6 Å². The number of nitrogens with zero attached hydrogens (tertiary/aromatic N) is 4. The minimum absolute atomic E-state index is 0.118. The number of hydrogen-bond acceptors (Lipinski definition) is 7. The lowest BCUT2D eigenvalue weighted by molar-refractivity contribution is -0.138. The monoisotopic (exact) mass is 428 g/mol. The van der Waals surface area contributed by atoms with Crippen LogP contribution in [0.4, 0.5) is 0 Å². The molecule has 2 saturated heterocycles. The number of allylic oxidation sites excluding steroid dienone is 1. The van der Waals surface area contributed by atoms with Crippen molar-refractivity contribution in [1.29, 1.82) is 0 Å². The van der Waals surface area contributed by atoms with Crippen molar-refractivity contribution in [2.45, 2.75) is 33.2 Å². The van der Waals surface area contributed by atoms with Crippen molar-refractivity contribution in [1.82, 2.24) is 19.9 Å². The van der Waals surface area contributed by atoms with Gasteiger partial charge in [0.1, 0.15) is 5.76 Å². The van der Waals surface area contributed by atoms with Crippen LogP contribution in [0.3, 0.4) is 0 Å². The first-order valence-electron chi connectivity index (χ1n) is 11.1. The van der Waals surface area contributed by atoms with Gasteiger partial charge in [-0.3, -0.25) is 14.6 Å². The fourth-order valence-electron chi connectivity index (χ4n) is 4.44. The van der Waals surface area contributed by atoms with Gasteiger partial charge in [-0.05, 0) is 63.7 Å². The Morgan fingerprint density at radius 3 is 2.39 bits per heavy atom. The second kappa shape index (κ2) is 10.6. The number of likely N-dealkylation sites (tertiary alicyclic amines) is 1. The molecule has 31 heavy (non-hydrogen) atoms.